The highest BCUT2D eigenvalue weighted by Crippen LogP contribution is 2.22. The summed E-state index contributed by atoms with van der Waals surface area (Å²) in [6.45, 7) is 0. The number of hydrogen-bond donors (Lipinski definition) is 1. The van der Waals surface area contributed by atoms with E-state index in [4.69, 9.17) is 4.74 Å². The maximum atomic E-state index is 11.9. The van der Waals surface area contributed by atoms with Crippen LogP contribution >= 0.6 is 0 Å². The van der Waals surface area contributed by atoms with Gasteiger partial charge in [0.15, 0.2) is 0 Å². The Morgan fingerprint density at radius 3 is 2.04 bits per heavy atom. The van der Waals surface area contributed by atoms with Gasteiger partial charge in [0.05, 0.1) is 4.92 Å². The number of anilines is 1. The van der Waals surface area contributed by atoms with Crippen molar-refractivity contribution in [2.75, 3.05) is 5.32 Å². The molecule has 0 spiro atoms. The second-order valence-corrected chi connectivity index (χ2v) is 5.21. The number of nitro benzene ring substituents is 1. The first-order valence-corrected chi connectivity index (χ1v) is 7.50. The van der Waals surface area contributed by atoms with Crippen molar-refractivity contribution < 1.29 is 14.5 Å². The van der Waals surface area contributed by atoms with Crippen LogP contribution in [0, 0.1) is 10.1 Å². The molecule has 0 saturated heterocycles. The second-order valence-electron chi connectivity index (χ2n) is 5.21. The minimum Gasteiger partial charge on any atom is -0.410 e. The van der Waals surface area contributed by atoms with E-state index in [1.807, 2.05) is 42.5 Å². The second kappa shape index (κ2) is 7.27. The maximum Gasteiger partial charge on any atom is 0.417 e. The van der Waals surface area contributed by atoms with E-state index in [0.29, 0.717) is 5.69 Å². The van der Waals surface area contributed by atoms with Crippen molar-refractivity contribution in [3.63, 3.8) is 0 Å². The van der Waals surface area contributed by atoms with Gasteiger partial charge in [0.1, 0.15) is 5.75 Å². The standard InChI is InChI=1S/C19H14N2O4/c22-19(25-18-12-10-17(11-13-18)21(23)24)20-16-8-6-15(7-9-16)14-4-2-1-3-5-14/h1-13H,(H,20,22). The van der Waals surface area contributed by atoms with Gasteiger partial charge in [-0.1, -0.05) is 42.5 Å². The fraction of sp³-hybridized carbons (Fsp3) is 0. The minimum absolute atomic E-state index is 0.0655. The molecule has 0 unspecified atom stereocenters. The summed E-state index contributed by atoms with van der Waals surface area (Å²) in [7, 11) is 0. The van der Waals surface area contributed by atoms with E-state index in [1.165, 1.54) is 24.3 Å². The molecule has 0 aromatic heterocycles. The van der Waals surface area contributed by atoms with Gasteiger partial charge >= 0.3 is 6.09 Å². The molecule has 1 N–H and O–H groups in total. The van der Waals surface area contributed by atoms with Crippen LogP contribution in [0.15, 0.2) is 78.9 Å². The molecule has 6 heteroatoms. The van der Waals surface area contributed by atoms with E-state index in [2.05, 4.69) is 5.32 Å². The van der Waals surface area contributed by atoms with Gasteiger partial charge in [0.2, 0.25) is 0 Å². The molecule has 124 valence electrons. The highest BCUT2D eigenvalue weighted by Gasteiger charge is 2.08. The number of amides is 1. The fourth-order valence-corrected chi connectivity index (χ4v) is 2.26. The van der Waals surface area contributed by atoms with Crippen molar-refractivity contribution >= 4 is 17.5 Å². The first-order valence-electron chi connectivity index (χ1n) is 7.50. The third-order valence-corrected chi connectivity index (χ3v) is 3.50. The molecule has 0 aliphatic rings. The van der Waals surface area contributed by atoms with E-state index in [1.54, 1.807) is 12.1 Å². The predicted molar refractivity (Wildman–Crippen MR) is 94.6 cm³/mol. The van der Waals surface area contributed by atoms with Gasteiger partial charge in [-0.2, -0.15) is 0 Å². The van der Waals surface area contributed by atoms with Crippen LogP contribution in [0.5, 0.6) is 5.75 Å². The number of nitrogens with zero attached hydrogens (tertiary/aromatic N) is 1. The third kappa shape index (κ3) is 4.20. The van der Waals surface area contributed by atoms with Crippen molar-refractivity contribution in [2.24, 2.45) is 0 Å². The van der Waals surface area contributed by atoms with Crippen LogP contribution in [0.25, 0.3) is 11.1 Å². The Hall–Kier alpha value is -3.67. The number of ether oxygens (including phenoxy) is 1. The number of hydrogen-bond acceptors (Lipinski definition) is 4. The largest absolute Gasteiger partial charge is 0.417 e. The Morgan fingerprint density at radius 2 is 1.44 bits per heavy atom. The molecule has 0 aliphatic heterocycles. The molecule has 0 radical (unpaired) electrons. The van der Waals surface area contributed by atoms with Crippen molar-refractivity contribution in [3.8, 4) is 16.9 Å². The van der Waals surface area contributed by atoms with Gasteiger partial charge in [-0.05, 0) is 35.4 Å². The molecule has 25 heavy (non-hydrogen) atoms. The Bertz CT molecular complexity index is 876. The molecule has 0 fully saturated rings. The first-order chi connectivity index (χ1) is 12.1. The van der Waals surface area contributed by atoms with E-state index < -0.39 is 11.0 Å². The minimum atomic E-state index is -0.665. The number of rotatable bonds is 4. The van der Waals surface area contributed by atoms with Crippen LogP contribution < -0.4 is 10.1 Å². The number of non-ortho nitro benzene ring substituents is 1. The van der Waals surface area contributed by atoms with Gasteiger partial charge < -0.3 is 4.74 Å². The van der Waals surface area contributed by atoms with Gasteiger partial charge in [0.25, 0.3) is 5.69 Å². The number of nitro groups is 1. The summed E-state index contributed by atoms with van der Waals surface area (Å²) in [5.74, 6) is 0.226. The van der Waals surface area contributed by atoms with Crippen LogP contribution in [-0.2, 0) is 0 Å². The van der Waals surface area contributed by atoms with Crippen molar-refractivity contribution in [1.29, 1.82) is 0 Å². The monoisotopic (exact) mass is 334 g/mol. The Balaban J connectivity index is 1.62. The molecule has 6 nitrogen and oxygen atoms in total. The Morgan fingerprint density at radius 1 is 0.840 bits per heavy atom. The smallest absolute Gasteiger partial charge is 0.410 e. The molecule has 0 bridgehead atoms. The molecule has 3 aromatic rings. The van der Waals surface area contributed by atoms with Crippen LogP contribution in [0.4, 0.5) is 16.2 Å². The van der Waals surface area contributed by atoms with Crippen molar-refractivity contribution in [3.05, 3.63) is 89.0 Å². The van der Waals surface area contributed by atoms with E-state index in [-0.39, 0.29) is 11.4 Å². The zero-order chi connectivity index (χ0) is 17.6. The highest BCUT2D eigenvalue weighted by molar-refractivity contribution is 5.86. The predicted octanol–water partition coefficient (Wildman–Crippen LogP) is 4.87. The van der Waals surface area contributed by atoms with E-state index in [0.717, 1.165) is 11.1 Å². The lowest BCUT2D eigenvalue weighted by atomic mass is 10.1. The van der Waals surface area contributed by atoms with Gasteiger partial charge in [-0.3, -0.25) is 15.4 Å². The lowest BCUT2D eigenvalue weighted by Crippen LogP contribution is -2.16. The molecule has 0 saturated carbocycles. The molecule has 1 amide bonds. The Kier molecular flexibility index (Phi) is 4.71. The lowest BCUT2D eigenvalue weighted by molar-refractivity contribution is -0.384. The van der Waals surface area contributed by atoms with Gasteiger partial charge in [-0.25, -0.2) is 4.79 Å². The summed E-state index contributed by atoms with van der Waals surface area (Å²) in [5, 5.41) is 13.2. The van der Waals surface area contributed by atoms with E-state index >= 15 is 0 Å². The van der Waals surface area contributed by atoms with Crippen LogP contribution in [0.3, 0.4) is 0 Å². The SMILES string of the molecule is O=C(Nc1ccc(-c2ccccc2)cc1)Oc1ccc([N+](=O)[O-])cc1. The van der Waals surface area contributed by atoms with Crippen molar-refractivity contribution in [2.45, 2.75) is 0 Å². The molecule has 3 rings (SSSR count). The normalized spacial score (nSPS) is 10.1. The van der Waals surface area contributed by atoms with Gasteiger partial charge in [-0.15, -0.1) is 0 Å². The summed E-state index contributed by atoms with van der Waals surface area (Å²) in [5.41, 5.74) is 2.65. The zero-order valence-electron chi connectivity index (χ0n) is 13.1. The number of carbonyl (C=O) groups is 1. The van der Waals surface area contributed by atoms with Gasteiger partial charge in [0, 0.05) is 17.8 Å². The zero-order valence-corrected chi connectivity index (χ0v) is 13.1. The Labute approximate surface area is 143 Å². The average Bonchev–Trinajstić information content (AvgIpc) is 2.63. The molecule has 0 aliphatic carbocycles. The maximum absolute atomic E-state index is 11.9. The number of benzene rings is 3. The summed E-state index contributed by atoms with van der Waals surface area (Å²) >= 11 is 0. The molecular weight excluding hydrogens is 320 g/mol. The molecule has 0 atom stereocenters. The summed E-state index contributed by atoms with van der Waals surface area (Å²) in [6.07, 6.45) is -0.665. The fourth-order valence-electron chi connectivity index (χ4n) is 2.26. The third-order valence-electron chi connectivity index (χ3n) is 3.50. The van der Waals surface area contributed by atoms with Crippen molar-refractivity contribution in [1.82, 2.24) is 0 Å². The molecular formula is C19H14N2O4. The number of nitrogens with one attached hydrogen (secondary N) is 1. The summed E-state index contributed by atoms with van der Waals surface area (Å²) in [6, 6.07) is 22.5. The summed E-state index contributed by atoms with van der Waals surface area (Å²) < 4.78 is 5.10. The first kappa shape index (κ1) is 16.2. The topological polar surface area (TPSA) is 81.5 Å². The number of carbonyl (C=O) groups excluding carboxylic acids is 1. The quantitative estimate of drug-likeness (QED) is 0.545. The summed E-state index contributed by atoms with van der Waals surface area (Å²) in [4.78, 5) is 22.0. The van der Waals surface area contributed by atoms with E-state index in [9.17, 15) is 14.9 Å². The van der Waals surface area contributed by atoms with Crippen LogP contribution in [0.2, 0.25) is 0 Å². The lowest BCUT2D eigenvalue weighted by Gasteiger charge is -2.07. The average molecular weight is 334 g/mol. The van der Waals surface area contributed by atoms with Crippen LogP contribution in [0.1, 0.15) is 0 Å². The van der Waals surface area contributed by atoms with Crippen LogP contribution in [-0.4, -0.2) is 11.0 Å². The highest BCUT2D eigenvalue weighted by atomic mass is 16.6. The molecule has 3 aromatic carbocycles. The molecule has 0 heterocycles.